The van der Waals surface area contributed by atoms with Crippen LogP contribution in [0.4, 0.5) is 5.69 Å². The van der Waals surface area contributed by atoms with Crippen LogP contribution < -0.4 is 15.4 Å². The minimum atomic E-state index is 0. The fourth-order valence-corrected chi connectivity index (χ4v) is 2.70. The van der Waals surface area contributed by atoms with Crippen molar-refractivity contribution in [3.8, 4) is 11.5 Å². The summed E-state index contributed by atoms with van der Waals surface area (Å²) in [4.78, 5) is 16.0. The number of hydrogen-bond donors (Lipinski definition) is 2. The molecule has 0 saturated carbocycles. The van der Waals surface area contributed by atoms with Gasteiger partial charge in [-0.15, -0.1) is 24.8 Å². The molecule has 1 aromatic heterocycles. The first kappa shape index (κ1) is 21.2. The summed E-state index contributed by atoms with van der Waals surface area (Å²) in [6, 6.07) is 11.0. The van der Waals surface area contributed by atoms with Gasteiger partial charge < -0.3 is 15.4 Å². The zero-order valence-electron chi connectivity index (χ0n) is 13.8. The van der Waals surface area contributed by atoms with Crippen molar-refractivity contribution >= 4 is 36.4 Å². The molecule has 2 N–H and O–H groups in total. The Labute approximate surface area is 160 Å². The van der Waals surface area contributed by atoms with Crippen molar-refractivity contribution in [2.24, 2.45) is 5.92 Å². The number of ether oxygens (including phenoxy) is 1. The van der Waals surface area contributed by atoms with Gasteiger partial charge in [-0.25, -0.2) is 0 Å². The van der Waals surface area contributed by atoms with Crippen molar-refractivity contribution in [2.45, 2.75) is 19.3 Å². The number of pyridine rings is 1. The lowest BCUT2D eigenvalue weighted by atomic mass is 10.0. The van der Waals surface area contributed by atoms with Gasteiger partial charge in [-0.2, -0.15) is 0 Å². The summed E-state index contributed by atoms with van der Waals surface area (Å²) in [7, 11) is 0. The predicted molar refractivity (Wildman–Crippen MR) is 104 cm³/mol. The molecule has 1 aromatic carbocycles. The van der Waals surface area contributed by atoms with E-state index in [0.717, 1.165) is 30.9 Å². The van der Waals surface area contributed by atoms with Gasteiger partial charge in [0.25, 0.3) is 0 Å². The van der Waals surface area contributed by atoms with E-state index in [1.807, 2.05) is 24.3 Å². The second kappa shape index (κ2) is 10.9. The maximum absolute atomic E-state index is 12.1. The number of carbonyl (C=O) groups is 1. The Morgan fingerprint density at radius 2 is 2.00 bits per heavy atom. The summed E-state index contributed by atoms with van der Waals surface area (Å²) in [5.74, 6) is 2.09. The van der Waals surface area contributed by atoms with Crippen LogP contribution in [0.15, 0.2) is 48.8 Å². The average Bonchev–Trinajstić information content (AvgIpc) is 3.08. The van der Waals surface area contributed by atoms with Gasteiger partial charge in [-0.1, -0.05) is 6.07 Å². The lowest BCUT2D eigenvalue weighted by Gasteiger charge is -2.10. The van der Waals surface area contributed by atoms with E-state index in [2.05, 4.69) is 15.6 Å². The van der Waals surface area contributed by atoms with Crippen LogP contribution >= 0.6 is 24.8 Å². The molecule has 25 heavy (non-hydrogen) atoms. The number of benzene rings is 1. The first-order valence-corrected chi connectivity index (χ1v) is 7.98. The van der Waals surface area contributed by atoms with Crippen LogP contribution in [-0.4, -0.2) is 24.0 Å². The molecule has 0 radical (unpaired) electrons. The average molecular weight is 384 g/mol. The van der Waals surface area contributed by atoms with E-state index >= 15 is 0 Å². The summed E-state index contributed by atoms with van der Waals surface area (Å²) in [6.07, 6.45) is 6.02. The van der Waals surface area contributed by atoms with Crippen molar-refractivity contribution in [3.63, 3.8) is 0 Å². The summed E-state index contributed by atoms with van der Waals surface area (Å²) < 4.78 is 5.74. The number of amides is 1. The fourth-order valence-electron chi connectivity index (χ4n) is 2.70. The predicted octanol–water partition coefficient (Wildman–Crippen LogP) is 4.05. The molecule has 2 aromatic rings. The van der Waals surface area contributed by atoms with Crippen LogP contribution in [0.2, 0.25) is 0 Å². The third kappa shape index (κ3) is 6.90. The van der Waals surface area contributed by atoms with E-state index in [1.165, 1.54) is 6.42 Å². The number of rotatable bonds is 6. The summed E-state index contributed by atoms with van der Waals surface area (Å²) >= 11 is 0. The van der Waals surface area contributed by atoms with E-state index < -0.39 is 0 Å². The number of aromatic nitrogens is 1. The summed E-state index contributed by atoms with van der Waals surface area (Å²) in [5.41, 5.74) is 0.756. The van der Waals surface area contributed by atoms with Crippen LogP contribution in [-0.2, 0) is 4.79 Å². The first-order chi connectivity index (χ1) is 11.3. The lowest BCUT2D eigenvalue weighted by molar-refractivity contribution is -0.116. The smallest absolute Gasteiger partial charge is 0.224 e. The number of halogens is 2. The molecule has 1 saturated heterocycles. The van der Waals surface area contributed by atoms with Gasteiger partial charge in [-0.05, 0) is 56.1 Å². The number of carbonyl (C=O) groups excluding carboxylic acids is 1. The molecule has 136 valence electrons. The maximum atomic E-state index is 12.1. The molecule has 1 aliphatic heterocycles. The molecule has 0 bridgehead atoms. The Morgan fingerprint density at radius 3 is 2.72 bits per heavy atom. The molecule has 3 rings (SSSR count). The van der Waals surface area contributed by atoms with Gasteiger partial charge in [-0.3, -0.25) is 9.78 Å². The highest BCUT2D eigenvalue weighted by molar-refractivity contribution is 5.90. The van der Waals surface area contributed by atoms with Crippen molar-refractivity contribution in [1.29, 1.82) is 0 Å². The quantitative estimate of drug-likeness (QED) is 0.789. The summed E-state index contributed by atoms with van der Waals surface area (Å²) in [6.45, 7) is 2.10. The Kier molecular flexibility index (Phi) is 9.27. The van der Waals surface area contributed by atoms with Crippen LogP contribution in [0.1, 0.15) is 19.3 Å². The molecule has 1 aliphatic rings. The van der Waals surface area contributed by atoms with Crippen LogP contribution in [0.3, 0.4) is 0 Å². The normalized spacial score (nSPS) is 15.6. The van der Waals surface area contributed by atoms with Gasteiger partial charge in [0.15, 0.2) is 0 Å². The van der Waals surface area contributed by atoms with Crippen molar-refractivity contribution in [3.05, 3.63) is 48.8 Å². The lowest BCUT2D eigenvalue weighted by Crippen LogP contribution is -2.15. The van der Waals surface area contributed by atoms with Crippen molar-refractivity contribution in [2.75, 3.05) is 18.4 Å². The van der Waals surface area contributed by atoms with E-state index in [0.29, 0.717) is 18.1 Å². The Hall–Kier alpha value is -1.82. The number of anilines is 1. The van der Waals surface area contributed by atoms with Crippen LogP contribution in [0.5, 0.6) is 11.5 Å². The molecule has 0 aliphatic carbocycles. The van der Waals surface area contributed by atoms with Crippen LogP contribution in [0.25, 0.3) is 0 Å². The zero-order chi connectivity index (χ0) is 15.9. The Balaban J connectivity index is 0.00000156. The molecule has 2 heterocycles. The standard InChI is InChI=1S/C18H21N3O2.2ClH/c22-18(5-4-14-6-9-20-13-14)21-15-2-1-3-17(12-15)23-16-7-10-19-11-8-16;;/h1-3,7-8,10-12,14,20H,4-6,9,13H2,(H,21,22);2*1H. The minimum Gasteiger partial charge on any atom is -0.457 e. The topological polar surface area (TPSA) is 63.2 Å². The van der Waals surface area contributed by atoms with Crippen molar-refractivity contribution < 1.29 is 9.53 Å². The highest BCUT2D eigenvalue weighted by atomic mass is 35.5. The largest absolute Gasteiger partial charge is 0.457 e. The van der Waals surface area contributed by atoms with E-state index in [1.54, 1.807) is 24.5 Å². The maximum Gasteiger partial charge on any atom is 0.224 e. The minimum absolute atomic E-state index is 0. The van der Waals surface area contributed by atoms with Gasteiger partial charge in [0, 0.05) is 30.6 Å². The zero-order valence-corrected chi connectivity index (χ0v) is 15.4. The molecule has 1 amide bonds. The molecule has 1 atom stereocenters. The Morgan fingerprint density at radius 1 is 1.20 bits per heavy atom. The monoisotopic (exact) mass is 383 g/mol. The third-order valence-electron chi connectivity index (χ3n) is 3.95. The second-order valence-electron chi connectivity index (χ2n) is 5.76. The molecular formula is C18H23Cl2N3O2. The van der Waals surface area contributed by atoms with Gasteiger partial charge in [0.1, 0.15) is 11.5 Å². The summed E-state index contributed by atoms with van der Waals surface area (Å²) in [5, 5.41) is 6.26. The van der Waals surface area contributed by atoms with Gasteiger partial charge in [0.05, 0.1) is 0 Å². The molecule has 1 unspecified atom stereocenters. The fraction of sp³-hybridized carbons (Fsp3) is 0.333. The third-order valence-corrected chi connectivity index (χ3v) is 3.95. The second-order valence-corrected chi connectivity index (χ2v) is 5.76. The first-order valence-electron chi connectivity index (χ1n) is 7.98. The number of nitrogens with one attached hydrogen (secondary N) is 2. The van der Waals surface area contributed by atoms with E-state index in [-0.39, 0.29) is 30.7 Å². The molecule has 5 nitrogen and oxygen atoms in total. The highest BCUT2D eigenvalue weighted by Gasteiger charge is 2.15. The van der Waals surface area contributed by atoms with Crippen LogP contribution in [0, 0.1) is 5.92 Å². The van der Waals surface area contributed by atoms with Gasteiger partial charge >= 0.3 is 0 Å². The molecular weight excluding hydrogens is 361 g/mol. The van der Waals surface area contributed by atoms with Gasteiger partial charge in [0.2, 0.25) is 5.91 Å². The van der Waals surface area contributed by atoms with E-state index in [4.69, 9.17) is 4.74 Å². The number of nitrogens with zero attached hydrogens (tertiary/aromatic N) is 1. The highest BCUT2D eigenvalue weighted by Crippen LogP contribution is 2.24. The molecule has 1 fully saturated rings. The van der Waals surface area contributed by atoms with E-state index in [9.17, 15) is 4.79 Å². The Bertz CT molecular complexity index is 650. The van der Waals surface area contributed by atoms with Crippen molar-refractivity contribution in [1.82, 2.24) is 10.3 Å². The molecule has 7 heteroatoms. The molecule has 0 spiro atoms. The number of hydrogen-bond acceptors (Lipinski definition) is 4. The SMILES string of the molecule is Cl.Cl.O=C(CCC1CCNC1)Nc1cccc(Oc2ccncc2)c1.